The average molecular weight is 1680 g/mol. The Balaban J connectivity index is 4.35. The maximum Gasteiger partial charge on any atom is 0.472 e. The average Bonchev–Trinajstić information content (AvgIpc) is 0.900. The lowest BCUT2D eigenvalue weighted by atomic mass is 10.0. The zero-order chi connectivity index (χ0) is 85.1. The Morgan fingerprint density at radius 3 is 0.735 bits per heavy atom. The third-order valence-electron chi connectivity index (χ3n) is 20.7. The van der Waals surface area contributed by atoms with Crippen LogP contribution in [0.3, 0.4) is 0 Å². The number of allylic oxidation sites excluding steroid dienone is 20. The zero-order valence-electron chi connectivity index (χ0n) is 74.9. The largest absolute Gasteiger partial charge is 0.472 e. The molecule has 0 bridgehead atoms. The lowest BCUT2D eigenvalue weighted by molar-refractivity contribution is -0.161. The summed E-state index contributed by atoms with van der Waals surface area (Å²) in [5.74, 6) is -1.55. The van der Waals surface area contributed by atoms with Crippen molar-refractivity contribution in [2.24, 2.45) is 0 Å². The minimum atomic E-state index is -4.93. The van der Waals surface area contributed by atoms with Gasteiger partial charge in [0.1, 0.15) is 25.4 Å². The lowest BCUT2D eigenvalue weighted by Gasteiger charge is -2.21. The highest BCUT2D eigenvalue weighted by atomic mass is 31.2. The molecule has 0 fully saturated rings. The van der Waals surface area contributed by atoms with Crippen LogP contribution in [0, 0.1) is 0 Å². The van der Waals surface area contributed by atoms with Crippen LogP contribution in [0.2, 0.25) is 0 Å². The van der Waals surface area contributed by atoms with Crippen LogP contribution in [0.5, 0.6) is 0 Å². The van der Waals surface area contributed by atoms with Crippen LogP contribution in [0.1, 0.15) is 432 Å². The number of aliphatic hydroxyl groups is 2. The Morgan fingerprint density at radius 2 is 0.453 bits per heavy atom. The number of aliphatic hydroxyl groups excluding tert-OH is 2. The van der Waals surface area contributed by atoms with Crippen LogP contribution in [0.4, 0.5) is 0 Å². The summed E-state index contributed by atoms with van der Waals surface area (Å²) >= 11 is 0. The second kappa shape index (κ2) is 91.2. The fourth-order valence-electron chi connectivity index (χ4n) is 13.4. The Morgan fingerprint density at radius 1 is 0.248 bits per heavy atom. The summed E-state index contributed by atoms with van der Waals surface area (Å²) in [6.45, 7) is 2.62. The van der Waals surface area contributed by atoms with Gasteiger partial charge in [-0.2, -0.15) is 0 Å². The molecule has 0 aromatic heterocycles. The van der Waals surface area contributed by atoms with Gasteiger partial charge in [-0.1, -0.05) is 418 Å². The number of phosphoric ester groups is 2. The van der Waals surface area contributed by atoms with Crippen molar-refractivity contribution < 1.29 is 75.8 Å². The summed E-state index contributed by atoms with van der Waals surface area (Å²) in [6, 6.07) is 0. The van der Waals surface area contributed by atoms with E-state index in [-0.39, 0.29) is 19.3 Å². The molecule has 5 unspecified atom stereocenters. The van der Waals surface area contributed by atoms with Crippen LogP contribution in [0.25, 0.3) is 0 Å². The topological polar surface area (TPSA) is 231 Å². The standard InChI is InChI=1S/C99H176O16P2/c1-4-7-10-13-16-19-22-25-27-29-31-33-35-37-39-41-43-45-46-48-50-51-53-55-57-59-61-63-65-68-70-73-76-79-82-85-97(102)109-88-94(100)89-111-116(105,106)112-90-95(101)91-113-117(107,108)114-93-96(115-99(104)87-84-81-78-75-72-67-24-21-18-15-12-9-6-3)92-110-98(103)86-83-80-77-74-71-69-66-64-62-60-58-56-54-52-49-47-44-42-40-38-36-34-32-30-28-26-23-20-17-14-11-8-5-2/h7,10,16-17,19-20,25-28,31-34,37-40,43,45,94-96,100-101H,4-6,8-9,11-15,18,21-24,29-30,35-36,41-42,44,46-93H2,1-3H3,(H,105,106)(H,107,108)/b10-7-,19-16-,20-17-,27-25-,28-26-,33-31-,34-32-,39-37-,40-38-,45-43-. The number of carbonyl (C=O) groups excluding carboxylic acids is 3. The maximum atomic E-state index is 13.0. The van der Waals surface area contributed by atoms with E-state index in [0.717, 1.165) is 122 Å². The molecular formula is C99H176O16P2. The SMILES string of the molecule is CC/C=C\C/C=C\C/C=C\C/C=C\C/C=C\C/C=C\CCCCCCCCCCCCCCCCCCC(=O)OCC(O)COP(=O)(O)OCC(O)COP(=O)(O)OCC(COC(=O)CCCCCCCCCCCCCCCCCCC/C=C\C/C=C\C/C=C\C/C=C\CCCCC)OC(=O)CCCCCCCCCCCCCCC. The highest BCUT2D eigenvalue weighted by Gasteiger charge is 2.30. The van der Waals surface area contributed by atoms with Crippen molar-refractivity contribution in [1.82, 2.24) is 0 Å². The van der Waals surface area contributed by atoms with E-state index in [1.165, 1.54) is 250 Å². The minimum Gasteiger partial charge on any atom is -0.463 e. The van der Waals surface area contributed by atoms with Gasteiger partial charge < -0.3 is 34.2 Å². The van der Waals surface area contributed by atoms with E-state index in [1.807, 2.05) is 0 Å². The molecule has 4 N–H and O–H groups in total. The first-order valence-corrected chi connectivity index (χ1v) is 50.8. The second-order valence-electron chi connectivity index (χ2n) is 32.1. The molecule has 5 atom stereocenters. The molecule has 0 aliphatic heterocycles. The van der Waals surface area contributed by atoms with E-state index in [2.05, 4.69) is 142 Å². The van der Waals surface area contributed by atoms with E-state index in [0.29, 0.717) is 19.3 Å². The number of hydrogen-bond donors (Lipinski definition) is 4. The molecule has 0 rings (SSSR count). The Hall–Kier alpha value is -4.05. The third kappa shape index (κ3) is 92.5. The molecular weight excluding hydrogens is 1510 g/mol. The molecule has 0 amide bonds. The predicted molar refractivity (Wildman–Crippen MR) is 491 cm³/mol. The van der Waals surface area contributed by atoms with E-state index >= 15 is 0 Å². The van der Waals surface area contributed by atoms with Crippen molar-refractivity contribution in [3.63, 3.8) is 0 Å². The fourth-order valence-corrected chi connectivity index (χ4v) is 15.0. The van der Waals surface area contributed by atoms with Gasteiger partial charge in [-0.3, -0.25) is 32.5 Å². The third-order valence-corrected chi connectivity index (χ3v) is 22.6. The molecule has 0 radical (unpaired) electrons. The molecule has 0 spiro atoms. The van der Waals surface area contributed by atoms with Gasteiger partial charge in [0.25, 0.3) is 0 Å². The molecule has 0 saturated heterocycles. The normalized spacial score (nSPS) is 14.3. The molecule has 0 saturated carbocycles. The number of hydrogen-bond acceptors (Lipinski definition) is 14. The number of ether oxygens (including phenoxy) is 3. The van der Waals surface area contributed by atoms with E-state index in [1.54, 1.807) is 0 Å². The van der Waals surface area contributed by atoms with Gasteiger partial charge in [0.05, 0.1) is 26.4 Å². The van der Waals surface area contributed by atoms with Crippen LogP contribution in [-0.4, -0.2) is 95.9 Å². The van der Waals surface area contributed by atoms with Crippen molar-refractivity contribution in [2.75, 3.05) is 39.6 Å². The lowest BCUT2D eigenvalue weighted by Crippen LogP contribution is -2.30. The monoisotopic (exact) mass is 1680 g/mol. The summed E-state index contributed by atoms with van der Waals surface area (Å²) in [5.41, 5.74) is 0. The maximum absolute atomic E-state index is 13.0. The molecule has 678 valence electrons. The highest BCUT2D eigenvalue weighted by molar-refractivity contribution is 7.47. The number of carbonyl (C=O) groups is 3. The first-order valence-electron chi connectivity index (χ1n) is 47.8. The van der Waals surface area contributed by atoms with Gasteiger partial charge >= 0.3 is 33.6 Å². The van der Waals surface area contributed by atoms with E-state index < -0.39 is 91.5 Å². The van der Waals surface area contributed by atoms with Gasteiger partial charge in [-0.15, -0.1) is 0 Å². The molecule has 18 heteroatoms. The van der Waals surface area contributed by atoms with Gasteiger partial charge in [-0.25, -0.2) is 9.13 Å². The van der Waals surface area contributed by atoms with Crippen LogP contribution in [-0.2, 0) is 55.8 Å². The predicted octanol–water partition coefficient (Wildman–Crippen LogP) is 29.6. The smallest absolute Gasteiger partial charge is 0.463 e. The molecule has 0 aromatic carbocycles. The second-order valence-corrected chi connectivity index (χ2v) is 35.1. The summed E-state index contributed by atoms with van der Waals surface area (Å²) in [4.78, 5) is 58.9. The molecule has 0 aliphatic rings. The van der Waals surface area contributed by atoms with Crippen molar-refractivity contribution in [1.29, 1.82) is 0 Å². The van der Waals surface area contributed by atoms with Crippen LogP contribution in [0.15, 0.2) is 122 Å². The summed E-state index contributed by atoms with van der Waals surface area (Å²) in [7, 11) is -9.79. The molecule has 0 heterocycles. The Labute approximate surface area is 716 Å². The number of rotatable bonds is 91. The summed E-state index contributed by atoms with van der Waals surface area (Å²) < 4.78 is 61.4. The minimum absolute atomic E-state index is 0.110. The van der Waals surface area contributed by atoms with E-state index in [4.69, 9.17) is 32.3 Å². The first-order chi connectivity index (χ1) is 57.2. The number of phosphoric acid groups is 2. The van der Waals surface area contributed by atoms with Gasteiger partial charge in [0.2, 0.25) is 0 Å². The summed E-state index contributed by atoms with van der Waals surface area (Å²) in [5, 5.41) is 20.7. The van der Waals surface area contributed by atoms with Crippen LogP contribution >= 0.6 is 15.6 Å². The van der Waals surface area contributed by atoms with E-state index in [9.17, 15) is 43.5 Å². The Bertz CT molecular complexity index is 2610. The van der Waals surface area contributed by atoms with Crippen molar-refractivity contribution in [2.45, 2.75) is 450 Å². The molecule has 0 aliphatic carbocycles. The zero-order valence-corrected chi connectivity index (χ0v) is 76.6. The number of esters is 3. The molecule has 16 nitrogen and oxygen atoms in total. The first kappa shape index (κ1) is 113. The Kier molecular flexibility index (Phi) is 88.0. The van der Waals surface area contributed by atoms with Crippen molar-refractivity contribution >= 4 is 33.6 Å². The molecule has 0 aromatic rings. The fraction of sp³-hybridized carbons (Fsp3) is 0.768. The molecule has 117 heavy (non-hydrogen) atoms. The van der Waals surface area contributed by atoms with Crippen LogP contribution < -0.4 is 0 Å². The number of unbranched alkanes of at least 4 members (excludes halogenated alkanes) is 48. The van der Waals surface area contributed by atoms with Gasteiger partial charge in [0, 0.05) is 19.3 Å². The quantitative estimate of drug-likeness (QED) is 0.0146. The van der Waals surface area contributed by atoms with Gasteiger partial charge in [0.15, 0.2) is 6.10 Å². The van der Waals surface area contributed by atoms with Gasteiger partial charge in [-0.05, 0) is 116 Å². The summed E-state index contributed by atoms with van der Waals surface area (Å²) in [6.07, 6.45) is 113. The van der Waals surface area contributed by atoms with Crippen molar-refractivity contribution in [3.8, 4) is 0 Å². The highest BCUT2D eigenvalue weighted by Crippen LogP contribution is 2.45. The van der Waals surface area contributed by atoms with Crippen molar-refractivity contribution in [3.05, 3.63) is 122 Å².